The fraction of sp³-hybridized carbons (Fsp3) is 0.400. The molecule has 0 saturated carbocycles. The quantitative estimate of drug-likeness (QED) is 0.865. The zero-order chi connectivity index (χ0) is 11.1. The predicted octanol–water partition coefficient (Wildman–Crippen LogP) is 2.15. The fourth-order valence-corrected chi connectivity index (χ4v) is 4.15. The summed E-state index contributed by atoms with van der Waals surface area (Å²) in [5, 5.41) is 4.05. The lowest BCUT2D eigenvalue weighted by atomic mass is 10.0. The Morgan fingerprint density at radius 3 is 2.80 bits per heavy atom. The first-order valence-electron chi connectivity index (χ1n) is 4.74. The van der Waals surface area contributed by atoms with Crippen LogP contribution in [0.15, 0.2) is 10.3 Å². The van der Waals surface area contributed by atoms with Crippen LogP contribution in [0.1, 0.15) is 17.5 Å². The molecule has 1 N–H and O–H groups in total. The van der Waals surface area contributed by atoms with Crippen molar-refractivity contribution >= 4 is 32.3 Å². The van der Waals surface area contributed by atoms with Gasteiger partial charge in [0.25, 0.3) is 0 Å². The molecule has 0 amide bonds. The van der Waals surface area contributed by atoms with Crippen molar-refractivity contribution in [1.29, 1.82) is 0 Å². The van der Waals surface area contributed by atoms with Crippen LogP contribution < -0.4 is 5.32 Å². The first kappa shape index (κ1) is 10.7. The van der Waals surface area contributed by atoms with Gasteiger partial charge in [0.2, 0.25) is 0 Å². The number of nitrogens with one attached hydrogen (secondary N) is 1. The van der Waals surface area contributed by atoms with E-state index < -0.39 is 9.84 Å². The molecule has 0 radical (unpaired) electrons. The zero-order valence-electron chi connectivity index (χ0n) is 8.70. The third-order valence-corrected chi connectivity index (χ3v) is 5.53. The van der Waals surface area contributed by atoms with Crippen LogP contribution in [0.4, 0.5) is 5.00 Å². The third-order valence-electron chi connectivity index (χ3n) is 2.42. The number of anilines is 1. The second kappa shape index (κ2) is 3.64. The number of fused-ring (bicyclic) bond motifs is 1. The fourth-order valence-electron chi connectivity index (χ4n) is 1.78. The molecule has 0 aliphatic heterocycles. The molecule has 3 nitrogen and oxygen atoms in total. The van der Waals surface area contributed by atoms with E-state index in [-0.39, 0.29) is 0 Å². The minimum absolute atomic E-state index is 0.484. The summed E-state index contributed by atoms with van der Waals surface area (Å²) in [4.78, 5) is 0. The molecule has 0 spiro atoms. The monoisotopic (exact) mass is 243 g/mol. The van der Waals surface area contributed by atoms with E-state index >= 15 is 0 Å². The highest BCUT2D eigenvalue weighted by Gasteiger charge is 2.23. The number of rotatable bonds is 2. The lowest BCUT2D eigenvalue weighted by Crippen LogP contribution is -1.99. The molecular formula is C10H13NO2S2. The first-order chi connectivity index (χ1) is 7.04. The molecule has 0 aromatic carbocycles. The molecule has 1 aromatic rings. The highest BCUT2D eigenvalue weighted by Crippen LogP contribution is 2.39. The van der Waals surface area contributed by atoms with Crippen LogP contribution in [-0.4, -0.2) is 21.7 Å². The average molecular weight is 243 g/mol. The van der Waals surface area contributed by atoms with E-state index in [4.69, 9.17) is 0 Å². The molecule has 0 saturated heterocycles. The van der Waals surface area contributed by atoms with Gasteiger partial charge in [-0.1, -0.05) is 12.2 Å². The molecule has 82 valence electrons. The van der Waals surface area contributed by atoms with Gasteiger partial charge < -0.3 is 5.32 Å². The van der Waals surface area contributed by atoms with Gasteiger partial charge in [-0.05, 0) is 18.4 Å². The van der Waals surface area contributed by atoms with Crippen molar-refractivity contribution in [1.82, 2.24) is 0 Å². The van der Waals surface area contributed by atoms with Gasteiger partial charge in [-0.25, -0.2) is 8.42 Å². The molecule has 0 unspecified atom stereocenters. The molecule has 0 fully saturated rings. The van der Waals surface area contributed by atoms with Gasteiger partial charge in [-0.2, -0.15) is 0 Å². The van der Waals surface area contributed by atoms with Crippen LogP contribution >= 0.6 is 11.3 Å². The minimum atomic E-state index is -3.11. The van der Waals surface area contributed by atoms with Crippen molar-refractivity contribution in [2.45, 2.75) is 17.1 Å². The lowest BCUT2D eigenvalue weighted by molar-refractivity contribution is 0.603. The topological polar surface area (TPSA) is 46.2 Å². The molecular weight excluding hydrogens is 230 g/mol. The SMILES string of the molecule is CNc1sc(S(C)(=O)=O)c2c1CCC=C2. The van der Waals surface area contributed by atoms with Gasteiger partial charge in [0, 0.05) is 18.9 Å². The van der Waals surface area contributed by atoms with Crippen LogP contribution in [0.5, 0.6) is 0 Å². The van der Waals surface area contributed by atoms with Crippen LogP contribution in [-0.2, 0) is 16.3 Å². The maximum absolute atomic E-state index is 11.6. The number of hydrogen-bond acceptors (Lipinski definition) is 4. The Hall–Kier alpha value is -0.810. The van der Waals surface area contributed by atoms with Crippen molar-refractivity contribution < 1.29 is 8.42 Å². The van der Waals surface area contributed by atoms with Crippen molar-refractivity contribution in [2.24, 2.45) is 0 Å². The Kier molecular flexibility index (Phi) is 2.60. The lowest BCUT2D eigenvalue weighted by Gasteiger charge is -2.07. The maximum atomic E-state index is 11.6. The molecule has 0 bridgehead atoms. The molecule has 15 heavy (non-hydrogen) atoms. The van der Waals surface area contributed by atoms with Crippen LogP contribution in [0.25, 0.3) is 6.08 Å². The highest BCUT2D eigenvalue weighted by molar-refractivity contribution is 7.93. The first-order valence-corrected chi connectivity index (χ1v) is 7.45. The van der Waals surface area contributed by atoms with Gasteiger partial charge in [-0.15, -0.1) is 11.3 Å². The van der Waals surface area contributed by atoms with Crippen LogP contribution in [0.3, 0.4) is 0 Å². The van der Waals surface area contributed by atoms with E-state index in [1.807, 2.05) is 19.2 Å². The zero-order valence-corrected chi connectivity index (χ0v) is 10.3. The van der Waals surface area contributed by atoms with Crippen molar-refractivity contribution in [3.63, 3.8) is 0 Å². The van der Waals surface area contributed by atoms with Crippen LogP contribution in [0, 0.1) is 0 Å². The van der Waals surface area contributed by atoms with E-state index in [9.17, 15) is 8.42 Å². The number of thiophene rings is 1. The van der Waals surface area contributed by atoms with Crippen molar-refractivity contribution in [2.75, 3.05) is 18.6 Å². The molecule has 0 atom stereocenters. The number of allylic oxidation sites excluding steroid dienone is 1. The molecule has 5 heteroatoms. The maximum Gasteiger partial charge on any atom is 0.185 e. The smallest absolute Gasteiger partial charge is 0.185 e. The van der Waals surface area contributed by atoms with Gasteiger partial charge in [0.1, 0.15) is 4.21 Å². The average Bonchev–Trinajstić information content (AvgIpc) is 2.55. The Balaban J connectivity index is 2.69. The largest absolute Gasteiger partial charge is 0.380 e. The summed E-state index contributed by atoms with van der Waals surface area (Å²) < 4.78 is 23.6. The molecule has 2 rings (SSSR count). The normalized spacial score (nSPS) is 15.1. The van der Waals surface area contributed by atoms with E-state index in [1.165, 1.54) is 17.6 Å². The Bertz CT molecular complexity index is 512. The standard InChI is InChI=1S/C10H13NO2S2/c1-11-9-7-5-3-4-6-8(7)10(14-9)15(2,12)13/h4,6,11H,3,5H2,1-2H3. The van der Waals surface area contributed by atoms with E-state index in [0.29, 0.717) is 4.21 Å². The summed E-state index contributed by atoms with van der Waals surface area (Å²) in [7, 11) is -1.28. The summed E-state index contributed by atoms with van der Waals surface area (Å²) in [5.41, 5.74) is 2.03. The Morgan fingerprint density at radius 1 is 1.47 bits per heavy atom. The molecule has 1 aromatic heterocycles. The minimum Gasteiger partial charge on any atom is -0.380 e. The Morgan fingerprint density at radius 2 is 2.20 bits per heavy atom. The Labute approximate surface area is 93.7 Å². The van der Waals surface area contributed by atoms with E-state index in [2.05, 4.69) is 5.32 Å². The van der Waals surface area contributed by atoms with Crippen molar-refractivity contribution in [3.05, 3.63) is 17.2 Å². The van der Waals surface area contributed by atoms with E-state index in [0.717, 1.165) is 29.0 Å². The molecule has 1 aliphatic rings. The summed E-state index contributed by atoms with van der Waals surface area (Å²) in [6, 6.07) is 0. The van der Waals surface area contributed by atoms with Crippen LogP contribution in [0.2, 0.25) is 0 Å². The summed E-state index contributed by atoms with van der Waals surface area (Å²) in [6.45, 7) is 0. The summed E-state index contributed by atoms with van der Waals surface area (Å²) >= 11 is 1.33. The van der Waals surface area contributed by atoms with Crippen molar-refractivity contribution in [3.8, 4) is 0 Å². The summed E-state index contributed by atoms with van der Waals surface area (Å²) in [5.74, 6) is 0. The van der Waals surface area contributed by atoms with Gasteiger partial charge in [-0.3, -0.25) is 0 Å². The summed E-state index contributed by atoms with van der Waals surface area (Å²) in [6.07, 6.45) is 7.13. The number of sulfone groups is 1. The predicted molar refractivity (Wildman–Crippen MR) is 64.3 cm³/mol. The van der Waals surface area contributed by atoms with Gasteiger partial charge in [0.15, 0.2) is 9.84 Å². The number of hydrogen-bond donors (Lipinski definition) is 1. The second-order valence-electron chi connectivity index (χ2n) is 3.57. The van der Waals surface area contributed by atoms with Gasteiger partial charge >= 0.3 is 0 Å². The van der Waals surface area contributed by atoms with Gasteiger partial charge in [0.05, 0.1) is 5.00 Å². The second-order valence-corrected chi connectivity index (χ2v) is 6.81. The highest BCUT2D eigenvalue weighted by atomic mass is 32.2. The third kappa shape index (κ3) is 1.81. The molecule has 1 aliphatic carbocycles. The molecule has 1 heterocycles. The van der Waals surface area contributed by atoms with E-state index in [1.54, 1.807) is 0 Å².